The number of nitrogens with zero attached hydrogens (tertiary/aromatic N) is 5. The molecule has 0 saturated heterocycles. The quantitative estimate of drug-likeness (QED) is 0.255. The Bertz CT molecular complexity index is 1560. The molecule has 2 aromatic carbocycles. The number of aromatic nitrogens is 5. The van der Waals surface area contributed by atoms with Gasteiger partial charge in [-0.05, 0) is 54.8 Å². The molecule has 1 amide bonds. The Morgan fingerprint density at radius 3 is 2.51 bits per heavy atom. The van der Waals surface area contributed by atoms with Gasteiger partial charge in [0, 0.05) is 48.2 Å². The van der Waals surface area contributed by atoms with Gasteiger partial charge in [-0.25, -0.2) is 4.79 Å². The average molecular weight is 589 g/mol. The minimum absolute atomic E-state index is 0.150. The van der Waals surface area contributed by atoms with Crippen molar-refractivity contribution in [2.24, 2.45) is 0 Å². The van der Waals surface area contributed by atoms with Gasteiger partial charge in [-0.3, -0.25) is 9.89 Å². The highest BCUT2D eigenvalue weighted by Crippen LogP contribution is 2.33. The Kier molecular flexibility index (Phi) is 8.71. The number of carboxylic acids is 1. The van der Waals surface area contributed by atoms with Crippen LogP contribution in [0.3, 0.4) is 0 Å². The van der Waals surface area contributed by atoms with Gasteiger partial charge in [0.05, 0.1) is 5.69 Å². The molecule has 0 atom stereocenters. The Hall–Kier alpha value is -4.72. The van der Waals surface area contributed by atoms with E-state index in [1.807, 2.05) is 54.3 Å². The van der Waals surface area contributed by atoms with Crippen LogP contribution in [0.4, 0.5) is 30.8 Å². The number of hydrogen-bond acceptors (Lipinski definition) is 8. The molecule has 11 nitrogen and oxygen atoms in total. The van der Waals surface area contributed by atoms with E-state index >= 15 is 0 Å². The zero-order chi connectivity index (χ0) is 29.7. The van der Waals surface area contributed by atoms with Crippen molar-refractivity contribution in [3.8, 4) is 11.3 Å². The van der Waals surface area contributed by atoms with E-state index in [0.717, 1.165) is 41.0 Å². The normalized spacial score (nSPS) is 12.3. The van der Waals surface area contributed by atoms with Crippen LogP contribution in [-0.2, 0) is 17.8 Å². The van der Waals surface area contributed by atoms with Gasteiger partial charge in [0.1, 0.15) is 5.82 Å². The van der Waals surface area contributed by atoms with Crippen molar-refractivity contribution in [1.29, 1.82) is 0 Å². The average Bonchev–Trinajstić information content (AvgIpc) is 3.62. The summed E-state index contributed by atoms with van der Waals surface area (Å²) in [4.78, 5) is 37.0. The number of hydrogen-bond donors (Lipinski definition) is 4. The number of H-pyrrole nitrogens is 1. The molecule has 0 aliphatic carbocycles. The molecule has 41 heavy (non-hydrogen) atoms. The van der Waals surface area contributed by atoms with Gasteiger partial charge >= 0.3 is 12.1 Å². The molecule has 15 heteroatoms. The van der Waals surface area contributed by atoms with Gasteiger partial charge in [-0.2, -0.15) is 33.2 Å². The van der Waals surface area contributed by atoms with Crippen LogP contribution in [0, 0.1) is 6.92 Å². The number of anilines is 3. The summed E-state index contributed by atoms with van der Waals surface area (Å²) in [5.74, 6) is -1.13. The zero-order valence-corrected chi connectivity index (χ0v) is 22.5. The van der Waals surface area contributed by atoms with E-state index in [2.05, 4.69) is 35.8 Å². The molecule has 0 saturated carbocycles. The molecule has 1 aliphatic rings. The molecule has 4 aromatic rings. The molecule has 5 rings (SSSR count). The van der Waals surface area contributed by atoms with E-state index < -0.39 is 12.1 Å². The maximum atomic E-state index is 12.8. The number of carbonyl (C=O) groups excluding carboxylic acids is 1. The first-order valence-corrected chi connectivity index (χ1v) is 12.5. The fourth-order valence-corrected chi connectivity index (χ4v) is 4.25. The maximum absolute atomic E-state index is 12.8. The van der Waals surface area contributed by atoms with Crippen molar-refractivity contribution in [3.63, 3.8) is 0 Å². The molecule has 0 fully saturated rings. The van der Waals surface area contributed by atoms with E-state index in [9.17, 15) is 18.0 Å². The van der Waals surface area contributed by atoms with Crippen LogP contribution < -0.4 is 15.5 Å². The molecule has 0 unspecified atom stereocenters. The number of alkyl halides is 3. The minimum atomic E-state index is -5.08. The number of nitrogens with one attached hydrogen (secondary N) is 3. The molecule has 0 bridgehead atoms. The smallest absolute Gasteiger partial charge is 0.475 e. The number of amides is 1. The number of aryl methyl sites for hydroxylation is 1. The van der Waals surface area contributed by atoms with Crippen LogP contribution in [0.5, 0.6) is 0 Å². The van der Waals surface area contributed by atoms with E-state index in [0.29, 0.717) is 34.9 Å². The largest absolute Gasteiger partial charge is 0.490 e. The van der Waals surface area contributed by atoms with Gasteiger partial charge < -0.3 is 20.6 Å². The molecule has 1 aliphatic heterocycles. The van der Waals surface area contributed by atoms with Crippen molar-refractivity contribution < 1.29 is 27.9 Å². The van der Waals surface area contributed by atoms with Gasteiger partial charge in [0.25, 0.3) is 5.91 Å². The second-order valence-corrected chi connectivity index (χ2v) is 9.17. The van der Waals surface area contributed by atoms with Gasteiger partial charge in [-0.1, -0.05) is 23.7 Å². The molecule has 2 aromatic heterocycles. The van der Waals surface area contributed by atoms with Gasteiger partial charge in [0.2, 0.25) is 11.9 Å². The van der Waals surface area contributed by atoms with Crippen molar-refractivity contribution >= 4 is 41.1 Å². The van der Waals surface area contributed by atoms with Crippen LogP contribution >= 0.6 is 11.6 Å². The zero-order valence-electron chi connectivity index (χ0n) is 21.8. The number of aromatic amines is 1. The summed E-state index contributed by atoms with van der Waals surface area (Å²) in [6, 6.07) is 13.3. The molecule has 214 valence electrons. The minimum Gasteiger partial charge on any atom is -0.475 e. The van der Waals surface area contributed by atoms with Crippen LogP contribution in [0.25, 0.3) is 11.3 Å². The Morgan fingerprint density at radius 2 is 1.88 bits per heavy atom. The number of carbonyl (C=O) groups is 2. The number of fused-ring (bicyclic) bond motifs is 1. The van der Waals surface area contributed by atoms with Crippen LogP contribution in [0.15, 0.2) is 48.7 Å². The standard InChI is InChI=1S/C24H23ClN8O.C2HF3O2/c1-14-29-23(26-2)31-24(30-14)33-10-8-16-11-17(5-6-21(16)33)22(34)27-13-18-4-3-15(12-19(18)25)20-7-9-28-32-20;3-2(4,5)1(6)7/h3-7,9,11-12H,8,10,13H2,1-2H3,(H,27,34)(H,28,32)(H,26,29,30,31);(H,6,7). The van der Waals surface area contributed by atoms with Gasteiger partial charge in [-0.15, -0.1) is 0 Å². The summed E-state index contributed by atoms with van der Waals surface area (Å²) in [5.41, 5.74) is 5.36. The summed E-state index contributed by atoms with van der Waals surface area (Å²) in [6.45, 7) is 2.92. The molecule has 4 N–H and O–H groups in total. The topological polar surface area (TPSA) is 149 Å². The Labute approximate surface area is 236 Å². The predicted octanol–water partition coefficient (Wildman–Crippen LogP) is 4.52. The fourth-order valence-electron chi connectivity index (χ4n) is 4.00. The Morgan fingerprint density at radius 1 is 1.12 bits per heavy atom. The summed E-state index contributed by atoms with van der Waals surface area (Å²) < 4.78 is 31.7. The van der Waals surface area contributed by atoms with Gasteiger partial charge in [0.15, 0.2) is 0 Å². The monoisotopic (exact) mass is 588 g/mol. The molecular weight excluding hydrogens is 565 g/mol. The molecule has 3 heterocycles. The lowest BCUT2D eigenvalue weighted by Crippen LogP contribution is -2.23. The van der Waals surface area contributed by atoms with Crippen molar-refractivity contribution in [2.45, 2.75) is 26.1 Å². The number of carboxylic acid groups (broad SMARTS) is 1. The number of aliphatic carboxylic acids is 1. The SMILES string of the molecule is CNc1nc(C)nc(N2CCc3cc(C(=O)NCc4ccc(-c5ccn[nH]5)cc4Cl)ccc32)n1.O=C(O)C(F)(F)F. The van der Waals surface area contributed by atoms with Crippen LogP contribution in [0.1, 0.15) is 27.3 Å². The van der Waals surface area contributed by atoms with E-state index in [4.69, 9.17) is 21.5 Å². The lowest BCUT2D eigenvalue weighted by Gasteiger charge is -2.18. The third-order valence-electron chi connectivity index (χ3n) is 5.98. The molecule has 0 radical (unpaired) electrons. The van der Waals surface area contributed by atoms with Crippen LogP contribution in [-0.4, -0.2) is 61.9 Å². The highest BCUT2D eigenvalue weighted by atomic mass is 35.5. The highest BCUT2D eigenvalue weighted by molar-refractivity contribution is 6.31. The summed E-state index contributed by atoms with van der Waals surface area (Å²) in [6.07, 6.45) is -2.59. The molecule has 0 spiro atoms. The fraction of sp³-hybridized carbons (Fsp3) is 0.231. The summed E-state index contributed by atoms with van der Waals surface area (Å²) in [7, 11) is 1.78. The van der Waals surface area contributed by atoms with E-state index in [1.54, 1.807) is 13.2 Å². The Balaban J connectivity index is 0.000000493. The number of halogens is 4. The van der Waals surface area contributed by atoms with Crippen molar-refractivity contribution in [3.05, 3.63) is 76.2 Å². The molecular formula is C26H24ClF3N8O3. The summed E-state index contributed by atoms with van der Waals surface area (Å²) >= 11 is 6.45. The lowest BCUT2D eigenvalue weighted by molar-refractivity contribution is -0.192. The van der Waals surface area contributed by atoms with E-state index in [1.165, 1.54) is 0 Å². The second kappa shape index (κ2) is 12.2. The number of rotatable bonds is 6. The third kappa shape index (κ3) is 7.08. The first kappa shape index (κ1) is 29.3. The van der Waals surface area contributed by atoms with Crippen molar-refractivity contribution in [2.75, 3.05) is 23.8 Å². The first-order valence-electron chi connectivity index (χ1n) is 12.1. The summed E-state index contributed by atoms with van der Waals surface area (Å²) in [5, 5.41) is 20.5. The second-order valence-electron chi connectivity index (χ2n) is 8.76. The number of benzene rings is 2. The highest BCUT2D eigenvalue weighted by Gasteiger charge is 2.38. The van der Waals surface area contributed by atoms with E-state index in [-0.39, 0.29) is 5.91 Å². The van der Waals surface area contributed by atoms with Crippen LogP contribution in [0.2, 0.25) is 5.02 Å². The predicted molar refractivity (Wildman–Crippen MR) is 145 cm³/mol. The first-order chi connectivity index (χ1) is 19.5. The maximum Gasteiger partial charge on any atom is 0.490 e. The lowest BCUT2D eigenvalue weighted by atomic mass is 10.1. The van der Waals surface area contributed by atoms with Crippen molar-refractivity contribution in [1.82, 2.24) is 30.5 Å². The third-order valence-corrected chi connectivity index (χ3v) is 6.34.